The number of piperidine rings is 1. The maximum Gasteiger partial charge on any atom is 0.317 e. The number of benzene rings is 1. The molecule has 1 fully saturated rings. The van der Waals surface area contributed by atoms with Crippen molar-refractivity contribution in [3.8, 4) is 0 Å². The number of hydrogen-bond donors (Lipinski definition) is 1. The van der Waals surface area contributed by atoms with Crippen LogP contribution >= 0.6 is 23.2 Å². The molecule has 1 aliphatic rings. The minimum atomic E-state index is -3.68. The molecule has 0 spiro atoms. The van der Waals surface area contributed by atoms with E-state index in [1.165, 1.54) is 0 Å². The summed E-state index contributed by atoms with van der Waals surface area (Å²) in [6.07, 6.45) is 1.69. The van der Waals surface area contributed by atoms with Crippen LogP contribution in [0.2, 0.25) is 10.0 Å². The Hall–Kier alpha value is -1.02. The van der Waals surface area contributed by atoms with Crippen molar-refractivity contribution in [1.29, 1.82) is 0 Å². The lowest BCUT2D eigenvalue weighted by Crippen LogP contribution is -2.58. The molecule has 0 bridgehead atoms. The Morgan fingerprint density at radius 2 is 1.93 bits per heavy atom. The summed E-state index contributed by atoms with van der Waals surface area (Å²) in [6.45, 7) is 8.35. The third-order valence-electron chi connectivity index (χ3n) is 4.88. The van der Waals surface area contributed by atoms with Gasteiger partial charge in [-0.1, -0.05) is 29.3 Å². The fourth-order valence-electron chi connectivity index (χ4n) is 3.62. The largest absolute Gasteiger partial charge is 0.333 e. The second kappa shape index (κ2) is 8.38. The number of halogens is 2. The monoisotopic (exact) mass is 450 g/mol. The number of nitrogens with zero attached hydrogens (tertiary/aromatic N) is 1. The standard InChI is InChI=1S/C19H28Cl2N2O4S/c1-13(27-28(5,25)26)19(14-7-8-15(20)16(21)11-14)9-6-10-23(12-19)17(24)22-18(2,3)4/h7-8,11,13H,6,9-10,12H2,1-5H3,(H,22,24). The Morgan fingerprint density at radius 3 is 2.46 bits per heavy atom. The number of hydrogen-bond acceptors (Lipinski definition) is 4. The van der Waals surface area contributed by atoms with Crippen molar-refractivity contribution in [3.63, 3.8) is 0 Å². The van der Waals surface area contributed by atoms with Crippen LogP contribution in [-0.4, -0.2) is 50.3 Å². The number of carbonyl (C=O) groups is 1. The molecule has 2 unspecified atom stereocenters. The van der Waals surface area contributed by atoms with Crippen LogP contribution in [0.1, 0.15) is 46.1 Å². The molecule has 28 heavy (non-hydrogen) atoms. The van der Waals surface area contributed by atoms with Crippen LogP contribution in [0, 0.1) is 0 Å². The second-order valence-electron chi connectivity index (χ2n) is 8.43. The molecule has 158 valence electrons. The average molecular weight is 451 g/mol. The second-order valence-corrected chi connectivity index (χ2v) is 10.8. The van der Waals surface area contributed by atoms with Crippen molar-refractivity contribution in [1.82, 2.24) is 10.2 Å². The molecule has 1 N–H and O–H groups in total. The summed E-state index contributed by atoms with van der Waals surface area (Å²) >= 11 is 12.3. The van der Waals surface area contributed by atoms with Gasteiger partial charge in [0.15, 0.2) is 0 Å². The number of nitrogens with one attached hydrogen (secondary N) is 1. The van der Waals surface area contributed by atoms with Gasteiger partial charge >= 0.3 is 6.03 Å². The van der Waals surface area contributed by atoms with Crippen LogP contribution in [0.25, 0.3) is 0 Å². The smallest absolute Gasteiger partial charge is 0.317 e. The molecule has 0 aliphatic carbocycles. The van der Waals surface area contributed by atoms with Crippen molar-refractivity contribution in [2.75, 3.05) is 19.3 Å². The lowest BCUT2D eigenvalue weighted by Gasteiger charge is -2.46. The number of rotatable bonds is 4. The molecule has 1 aliphatic heterocycles. The zero-order valence-electron chi connectivity index (χ0n) is 16.9. The molecule has 2 rings (SSSR count). The highest BCUT2D eigenvalue weighted by Gasteiger charge is 2.45. The van der Waals surface area contributed by atoms with Gasteiger partial charge in [0.05, 0.1) is 22.4 Å². The molecule has 0 radical (unpaired) electrons. The number of amides is 2. The third-order valence-corrected chi connectivity index (χ3v) is 6.26. The molecule has 2 atom stereocenters. The fourth-order valence-corrected chi connectivity index (χ4v) is 4.63. The SMILES string of the molecule is CC(OS(C)(=O)=O)C1(c2ccc(Cl)c(Cl)c2)CCCN(C(=O)NC(C)(C)C)C1. The van der Waals surface area contributed by atoms with Gasteiger partial charge in [-0.05, 0) is 58.2 Å². The first kappa shape index (κ1) is 23.3. The van der Waals surface area contributed by atoms with E-state index < -0.39 is 21.6 Å². The van der Waals surface area contributed by atoms with Crippen molar-refractivity contribution in [3.05, 3.63) is 33.8 Å². The molecule has 1 saturated heterocycles. The molecular formula is C19H28Cl2N2O4S. The van der Waals surface area contributed by atoms with E-state index in [1.807, 2.05) is 26.8 Å². The Labute approximate surface area is 177 Å². The Bertz CT molecular complexity index is 839. The van der Waals surface area contributed by atoms with Crippen molar-refractivity contribution in [2.24, 2.45) is 0 Å². The lowest BCUT2D eigenvalue weighted by atomic mass is 9.70. The van der Waals surface area contributed by atoms with E-state index >= 15 is 0 Å². The number of carbonyl (C=O) groups excluding carboxylic acids is 1. The highest BCUT2D eigenvalue weighted by molar-refractivity contribution is 7.86. The topological polar surface area (TPSA) is 75.7 Å². The van der Waals surface area contributed by atoms with E-state index in [2.05, 4.69) is 5.32 Å². The van der Waals surface area contributed by atoms with Crippen LogP contribution in [-0.2, 0) is 19.7 Å². The van der Waals surface area contributed by atoms with Crippen molar-refractivity contribution >= 4 is 39.4 Å². The molecule has 9 heteroatoms. The summed E-state index contributed by atoms with van der Waals surface area (Å²) < 4.78 is 29.0. The lowest BCUT2D eigenvalue weighted by molar-refractivity contribution is 0.0632. The molecule has 6 nitrogen and oxygen atoms in total. The van der Waals surface area contributed by atoms with Gasteiger partial charge in [-0.3, -0.25) is 4.18 Å². The number of urea groups is 1. The van der Waals surface area contributed by atoms with E-state index in [-0.39, 0.29) is 11.6 Å². The summed E-state index contributed by atoms with van der Waals surface area (Å²) in [6, 6.07) is 5.05. The minimum Gasteiger partial charge on any atom is -0.333 e. The van der Waals surface area contributed by atoms with Crippen molar-refractivity contribution in [2.45, 2.75) is 57.6 Å². The highest BCUT2D eigenvalue weighted by Crippen LogP contribution is 2.41. The molecule has 0 saturated carbocycles. The Kier molecular flexibility index (Phi) is 6.96. The maximum absolute atomic E-state index is 12.8. The third kappa shape index (κ3) is 5.75. The summed E-state index contributed by atoms with van der Waals surface area (Å²) in [5.41, 5.74) is -0.313. The van der Waals surface area contributed by atoms with Gasteiger partial charge in [0.25, 0.3) is 10.1 Å². The Morgan fingerprint density at radius 1 is 1.29 bits per heavy atom. The first-order valence-corrected chi connectivity index (χ1v) is 11.7. The minimum absolute atomic E-state index is 0.191. The predicted molar refractivity (Wildman–Crippen MR) is 113 cm³/mol. The highest BCUT2D eigenvalue weighted by atomic mass is 35.5. The van der Waals surface area contributed by atoms with Crippen LogP contribution in [0.5, 0.6) is 0 Å². The van der Waals surface area contributed by atoms with Crippen LogP contribution in [0.4, 0.5) is 4.79 Å². The van der Waals surface area contributed by atoms with Gasteiger partial charge in [-0.2, -0.15) is 8.42 Å². The van der Waals surface area contributed by atoms with Crippen LogP contribution in [0.15, 0.2) is 18.2 Å². The first-order valence-electron chi connectivity index (χ1n) is 9.14. The zero-order valence-corrected chi connectivity index (χ0v) is 19.2. The van der Waals surface area contributed by atoms with Gasteiger partial charge in [0, 0.05) is 24.0 Å². The molecular weight excluding hydrogens is 423 g/mol. The predicted octanol–water partition coefficient (Wildman–Crippen LogP) is 4.20. The van der Waals surface area contributed by atoms with Gasteiger partial charge in [-0.15, -0.1) is 0 Å². The zero-order chi connectivity index (χ0) is 21.3. The van der Waals surface area contributed by atoms with Gasteiger partial charge in [-0.25, -0.2) is 4.79 Å². The fraction of sp³-hybridized carbons (Fsp3) is 0.632. The van der Waals surface area contributed by atoms with Crippen LogP contribution in [0.3, 0.4) is 0 Å². The summed E-state index contributed by atoms with van der Waals surface area (Å²) in [5, 5.41) is 3.76. The molecule has 0 aromatic heterocycles. The van der Waals surface area contributed by atoms with E-state index in [4.69, 9.17) is 27.4 Å². The molecule has 2 amide bonds. The normalized spacial score (nSPS) is 22.0. The van der Waals surface area contributed by atoms with Crippen LogP contribution < -0.4 is 5.32 Å². The summed E-state index contributed by atoms with van der Waals surface area (Å²) in [7, 11) is -3.68. The molecule has 1 aromatic carbocycles. The van der Waals surface area contributed by atoms with E-state index in [1.54, 1.807) is 24.0 Å². The van der Waals surface area contributed by atoms with Gasteiger partial charge < -0.3 is 10.2 Å². The summed E-state index contributed by atoms with van der Waals surface area (Å²) in [5.74, 6) is 0. The molecule has 1 heterocycles. The van der Waals surface area contributed by atoms with E-state index in [0.717, 1.165) is 11.8 Å². The quantitative estimate of drug-likeness (QED) is 0.697. The van der Waals surface area contributed by atoms with E-state index in [9.17, 15) is 13.2 Å². The van der Waals surface area contributed by atoms with Gasteiger partial charge in [0.2, 0.25) is 0 Å². The number of likely N-dealkylation sites (tertiary alicyclic amines) is 1. The average Bonchev–Trinajstić information content (AvgIpc) is 2.54. The first-order chi connectivity index (χ1) is 12.7. The maximum atomic E-state index is 12.8. The van der Waals surface area contributed by atoms with Crippen molar-refractivity contribution < 1.29 is 17.4 Å². The molecule has 1 aromatic rings. The van der Waals surface area contributed by atoms with Gasteiger partial charge in [0.1, 0.15) is 0 Å². The summed E-state index contributed by atoms with van der Waals surface area (Å²) in [4.78, 5) is 14.5. The van der Waals surface area contributed by atoms with E-state index in [0.29, 0.717) is 36.0 Å². The Balaban J connectivity index is 2.45.